The molecule has 1 heteroatoms. The second-order valence-corrected chi connectivity index (χ2v) is 5.25. The fourth-order valence-electron chi connectivity index (χ4n) is 1.88. The summed E-state index contributed by atoms with van der Waals surface area (Å²) < 4.78 is 1.26. The molecule has 0 aliphatic heterocycles. The smallest absolute Gasteiger partial charge is 0.0207 e. The molecule has 1 rings (SSSR count). The zero-order chi connectivity index (χ0) is 11.1. The van der Waals surface area contributed by atoms with E-state index in [0.29, 0.717) is 0 Å². The van der Waals surface area contributed by atoms with Crippen LogP contribution in [0.3, 0.4) is 0 Å². The normalized spacial score (nSPS) is 12.7. The molecule has 0 spiro atoms. The molecule has 0 radical (unpaired) electrons. The van der Waals surface area contributed by atoms with Crippen molar-refractivity contribution in [1.82, 2.24) is 0 Å². The molecule has 0 nitrogen and oxygen atoms in total. The molecule has 0 bridgehead atoms. The van der Waals surface area contributed by atoms with Gasteiger partial charge in [-0.1, -0.05) is 73.7 Å². The molecule has 0 amide bonds. The van der Waals surface area contributed by atoms with E-state index < -0.39 is 0 Å². The Morgan fingerprint density at radius 1 is 1.20 bits per heavy atom. The molecule has 1 aromatic rings. The fourth-order valence-corrected chi connectivity index (χ4v) is 2.33. The number of unbranched alkanes of at least 4 members (excludes halogenated alkanes) is 2. The summed E-state index contributed by atoms with van der Waals surface area (Å²) in [7, 11) is 0. The summed E-state index contributed by atoms with van der Waals surface area (Å²) in [5, 5.41) is 0. The molecule has 1 atom stereocenters. The molecule has 0 aromatic heterocycles. The third-order valence-electron chi connectivity index (χ3n) is 2.83. The Bertz CT molecular complexity index is 280. The van der Waals surface area contributed by atoms with Gasteiger partial charge in [-0.15, -0.1) is 0 Å². The van der Waals surface area contributed by atoms with E-state index in [0.717, 1.165) is 5.92 Å². The van der Waals surface area contributed by atoms with Crippen molar-refractivity contribution in [2.45, 2.75) is 46.0 Å². The van der Waals surface area contributed by atoms with Crippen molar-refractivity contribution in [2.75, 3.05) is 0 Å². The Labute approximate surface area is 102 Å². The Hall–Kier alpha value is -0.300. The molecule has 84 valence electrons. The first-order valence-corrected chi connectivity index (χ1v) is 6.76. The Kier molecular flexibility index (Phi) is 6.00. The lowest BCUT2D eigenvalue weighted by atomic mass is 9.96. The van der Waals surface area contributed by atoms with Crippen LogP contribution in [0.15, 0.2) is 28.7 Å². The molecule has 0 N–H and O–H groups in total. The average Bonchev–Trinajstić information content (AvgIpc) is 2.22. The van der Waals surface area contributed by atoms with E-state index in [1.165, 1.54) is 42.1 Å². The fraction of sp³-hybridized carbons (Fsp3) is 0.571. The minimum atomic E-state index is 0.801. The summed E-state index contributed by atoms with van der Waals surface area (Å²) in [6.07, 6.45) is 6.63. The van der Waals surface area contributed by atoms with Gasteiger partial charge < -0.3 is 0 Å². The van der Waals surface area contributed by atoms with Crippen molar-refractivity contribution >= 4 is 15.9 Å². The number of rotatable bonds is 6. The Balaban J connectivity index is 2.37. The van der Waals surface area contributed by atoms with Crippen LogP contribution < -0.4 is 0 Å². The third-order valence-corrected chi connectivity index (χ3v) is 3.60. The maximum absolute atomic E-state index is 3.61. The first-order valence-electron chi connectivity index (χ1n) is 5.97. The highest BCUT2D eigenvalue weighted by atomic mass is 79.9. The second kappa shape index (κ2) is 7.05. The Morgan fingerprint density at radius 2 is 1.93 bits per heavy atom. The molecule has 1 unspecified atom stereocenters. The maximum atomic E-state index is 3.61. The van der Waals surface area contributed by atoms with Crippen LogP contribution in [-0.4, -0.2) is 0 Å². The van der Waals surface area contributed by atoms with Gasteiger partial charge in [-0.3, -0.25) is 0 Å². The highest BCUT2D eigenvalue weighted by Gasteiger charge is 2.05. The van der Waals surface area contributed by atoms with Crippen molar-refractivity contribution in [3.63, 3.8) is 0 Å². The number of hydrogen-bond donors (Lipinski definition) is 0. The van der Waals surface area contributed by atoms with Crippen LogP contribution in [-0.2, 0) is 6.42 Å². The minimum absolute atomic E-state index is 0.801. The molecule has 0 aliphatic carbocycles. The minimum Gasteiger partial charge on any atom is -0.0654 e. The van der Waals surface area contributed by atoms with Crippen molar-refractivity contribution in [2.24, 2.45) is 5.92 Å². The predicted octanol–water partition coefficient (Wildman–Crippen LogP) is 5.21. The van der Waals surface area contributed by atoms with Gasteiger partial charge in [0.1, 0.15) is 0 Å². The summed E-state index contributed by atoms with van der Waals surface area (Å²) in [6, 6.07) is 8.56. The summed E-state index contributed by atoms with van der Waals surface area (Å²) in [4.78, 5) is 0. The molecule has 0 saturated carbocycles. The SMILES string of the molecule is CCCCCC(C)Cc1ccccc1Br. The van der Waals surface area contributed by atoms with Crippen LogP contribution in [0, 0.1) is 5.92 Å². The average molecular weight is 269 g/mol. The van der Waals surface area contributed by atoms with Crippen molar-refractivity contribution in [3.8, 4) is 0 Å². The molecular weight excluding hydrogens is 248 g/mol. The summed E-state index contributed by atoms with van der Waals surface area (Å²) in [5.41, 5.74) is 1.45. The molecule has 0 fully saturated rings. The van der Waals surface area contributed by atoms with Gasteiger partial charge in [0.25, 0.3) is 0 Å². The molecule has 15 heavy (non-hydrogen) atoms. The van der Waals surface area contributed by atoms with Crippen LogP contribution in [0.4, 0.5) is 0 Å². The zero-order valence-electron chi connectivity index (χ0n) is 9.80. The summed E-state index contributed by atoms with van der Waals surface area (Å²) in [5.74, 6) is 0.801. The summed E-state index contributed by atoms with van der Waals surface area (Å²) >= 11 is 3.61. The monoisotopic (exact) mass is 268 g/mol. The van der Waals surface area contributed by atoms with Gasteiger partial charge in [-0.05, 0) is 24.0 Å². The number of halogens is 1. The van der Waals surface area contributed by atoms with Gasteiger partial charge in [0, 0.05) is 4.47 Å². The first-order chi connectivity index (χ1) is 7.24. The third kappa shape index (κ3) is 4.83. The van der Waals surface area contributed by atoms with Crippen LogP contribution in [0.25, 0.3) is 0 Å². The van der Waals surface area contributed by atoms with E-state index in [1.807, 2.05) is 0 Å². The van der Waals surface area contributed by atoms with Crippen LogP contribution in [0.2, 0.25) is 0 Å². The van der Waals surface area contributed by atoms with Crippen LogP contribution in [0.5, 0.6) is 0 Å². The van der Waals surface area contributed by atoms with Gasteiger partial charge in [0.2, 0.25) is 0 Å². The molecule has 0 saturated heterocycles. The van der Waals surface area contributed by atoms with E-state index in [9.17, 15) is 0 Å². The lowest BCUT2D eigenvalue weighted by Crippen LogP contribution is -2.00. The van der Waals surface area contributed by atoms with Gasteiger partial charge in [-0.2, -0.15) is 0 Å². The van der Waals surface area contributed by atoms with Gasteiger partial charge in [0.15, 0.2) is 0 Å². The lowest BCUT2D eigenvalue weighted by molar-refractivity contribution is 0.492. The predicted molar refractivity (Wildman–Crippen MR) is 71.2 cm³/mol. The van der Waals surface area contributed by atoms with Crippen LogP contribution in [0.1, 0.15) is 45.1 Å². The maximum Gasteiger partial charge on any atom is 0.0207 e. The first kappa shape index (κ1) is 12.8. The van der Waals surface area contributed by atoms with Crippen molar-refractivity contribution in [1.29, 1.82) is 0 Å². The molecule has 1 aromatic carbocycles. The van der Waals surface area contributed by atoms with Crippen molar-refractivity contribution in [3.05, 3.63) is 34.3 Å². The van der Waals surface area contributed by atoms with Crippen LogP contribution >= 0.6 is 15.9 Å². The summed E-state index contributed by atoms with van der Waals surface area (Å²) in [6.45, 7) is 4.62. The largest absolute Gasteiger partial charge is 0.0654 e. The van der Waals surface area contributed by atoms with E-state index in [1.54, 1.807) is 0 Å². The van der Waals surface area contributed by atoms with E-state index >= 15 is 0 Å². The van der Waals surface area contributed by atoms with E-state index in [2.05, 4.69) is 54.0 Å². The molecule has 0 aliphatic rings. The highest BCUT2D eigenvalue weighted by molar-refractivity contribution is 9.10. The quantitative estimate of drug-likeness (QED) is 0.622. The number of benzene rings is 1. The van der Waals surface area contributed by atoms with Gasteiger partial charge >= 0.3 is 0 Å². The molecule has 0 heterocycles. The lowest BCUT2D eigenvalue weighted by Gasteiger charge is -2.12. The van der Waals surface area contributed by atoms with E-state index in [4.69, 9.17) is 0 Å². The van der Waals surface area contributed by atoms with Gasteiger partial charge in [0.05, 0.1) is 0 Å². The number of hydrogen-bond acceptors (Lipinski definition) is 0. The standard InChI is InChI=1S/C14H21Br/c1-3-4-5-8-12(2)11-13-9-6-7-10-14(13)15/h6-7,9-10,12H,3-5,8,11H2,1-2H3. The highest BCUT2D eigenvalue weighted by Crippen LogP contribution is 2.21. The van der Waals surface area contributed by atoms with E-state index in [-0.39, 0.29) is 0 Å². The zero-order valence-corrected chi connectivity index (χ0v) is 11.4. The topological polar surface area (TPSA) is 0 Å². The van der Waals surface area contributed by atoms with Gasteiger partial charge in [-0.25, -0.2) is 0 Å². The van der Waals surface area contributed by atoms with Crippen molar-refractivity contribution < 1.29 is 0 Å². The Morgan fingerprint density at radius 3 is 2.60 bits per heavy atom. The molecular formula is C14H21Br. The second-order valence-electron chi connectivity index (χ2n) is 4.40.